The second-order valence-corrected chi connectivity index (χ2v) is 10.3. The molecule has 202 valence electrons. The van der Waals surface area contributed by atoms with Gasteiger partial charge in [0.15, 0.2) is 5.65 Å². The summed E-state index contributed by atoms with van der Waals surface area (Å²) in [5.74, 6) is -0.926. The fraction of sp³-hybridized carbons (Fsp3) is 0.185. The summed E-state index contributed by atoms with van der Waals surface area (Å²) >= 11 is 1.30. The van der Waals surface area contributed by atoms with E-state index in [9.17, 15) is 13.6 Å². The molecule has 2 N–H and O–H groups in total. The van der Waals surface area contributed by atoms with Crippen molar-refractivity contribution in [3.05, 3.63) is 82.8 Å². The third-order valence-corrected chi connectivity index (χ3v) is 7.16. The van der Waals surface area contributed by atoms with Crippen LogP contribution in [0.15, 0.2) is 59.9 Å². The highest BCUT2D eigenvalue weighted by Crippen LogP contribution is 2.38. The average Bonchev–Trinajstić information content (AvgIpc) is 3.53. The first kappa shape index (κ1) is 25.5. The van der Waals surface area contributed by atoms with Gasteiger partial charge in [-0.2, -0.15) is 5.10 Å². The fourth-order valence-corrected chi connectivity index (χ4v) is 5.40. The van der Waals surface area contributed by atoms with Gasteiger partial charge >= 0.3 is 0 Å². The first-order valence-corrected chi connectivity index (χ1v) is 13.1. The van der Waals surface area contributed by atoms with Crippen LogP contribution in [0.5, 0.6) is 5.19 Å². The van der Waals surface area contributed by atoms with Gasteiger partial charge in [0.25, 0.3) is 10.8 Å². The van der Waals surface area contributed by atoms with Crippen LogP contribution in [-0.4, -0.2) is 40.2 Å². The van der Waals surface area contributed by atoms with Crippen LogP contribution in [0.3, 0.4) is 0 Å². The van der Waals surface area contributed by atoms with Crippen LogP contribution in [-0.2, 0) is 0 Å². The Kier molecular flexibility index (Phi) is 6.22. The highest BCUT2D eigenvalue weighted by molar-refractivity contribution is 7.16. The minimum absolute atomic E-state index is 0.0606. The van der Waals surface area contributed by atoms with Crippen LogP contribution >= 0.6 is 11.3 Å². The van der Waals surface area contributed by atoms with Gasteiger partial charge in [0, 0.05) is 6.20 Å². The van der Waals surface area contributed by atoms with E-state index in [1.54, 1.807) is 23.9 Å². The van der Waals surface area contributed by atoms with E-state index in [1.165, 1.54) is 48.0 Å². The summed E-state index contributed by atoms with van der Waals surface area (Å²) in [5.41, 5.74) is 7.54. The quantitative estimate of drug-likeness (QED) is 0.305. The third kappa shape index (κ3) is 4.33. The van der Waals surface area contributed by atoms with Crippen molar-refractivity contribution < 1.29 is 13.5 Å². The smallest absolute Gasteiger partial charge is 0.274 e. The van der Waals surface area contributed by atoms with Gasteiger partial charge in [0.2, 0.25) is 0 Å². The number of hydrogen-bond donors (Lipinski definition) is 1. The minimum Gasteiger partial charge on any atom is -0.467 e. The molecule has 0 amide bonds. The number of halogens is 2. The zero-order valence-corrected chi connectivity index (χ0v) is 22.4. The van der Waals surface area contributed by atoms with Crippen molar-refractivity contribution >= 4 is 33.8 Å². The maximum Gasteiger partial charge on any atom is 0.274 e. The molecule has 6 rings (SSSR count). The van der Waals surface area contributed by atoms with Crippen LogP contribution in [0.4, 0.5) is 14.6 Å². The van der Waals surface area contributed by atoms with E-state index in [4.69, 9.17) is 20.6 Å². The summed E-state index contributed by atoms with van der Waals surface area (Å²) < 4.78 is 36.8. The van der Waals surface area contributed by atoms with Crippen molar-refractivity contribution in [2.24, 2.45) is 0 Å². The molecule has 13 heteroatoms. The first-order chi connectivity index (χ1) is 19.2. The molecule has 0 aliphatic rings. The van der Waals surface area contributed by atoms with Crippen LogP contribution < -0.4 is 16.0 Å². The Bertz CT molecular complexity index is 1970. The molecule has 0 radical (unpaired) electrons. The molecule has 0 fully saturated rings. The standard InChI is InChI=1S/C27H22F2N8O2S/c1-13(2)39-27-31-10-18(40-27)23-21-24(30)32-12-33-25(21)37(35-23)14(3)22-20(15-5-4-6-16(28)9-15)26(38)36-11-17(29)7-8-19(36)34-22/h4-14H,1-3H3,(H2,30,32,33)/t14-/m0/s1. The molecule has 1 atom stereocenters. The van der Waals surface area contributed by atoms with Crippen LogP contribution in [0.25, 0.3) is 38.4 Å². The van der Waals surface area contributed by atoms with E-state index in [0.717, 1.165) is 10.6 Å². The Labute approximate surface area is 229 Å². The normalized spacial score (nSPS) is 12.4. The molecule has 0 saturated heterocycles. The van der Waals surface area contributed by atoms with Crippen molar-refractivity contribution in [3.8, 4) is 26.9 Å². The van der Waals surface area contributed by atoms with Gasteiger partial charge in [-0.05, 0) is 50.6 Å². The lowest BCUT2D eigenvalue weighted by atomic mass is 10.0. The highest BCUT2D eigenvalue weighted by Gasteiger charge is 2.27. The van der Waals surface area contributed by atoms with Crippen LogP contribution in [0.2, 0.25) is 0 Å². The molecule has 6 aromatic rings. The van der Waals surface area contributed by atoms with E-state index in [0.29, 0.717) is 38.1 Å². The number of ether oxygens (including phenoxy) is 1. The number of rotatable bonds is 6. The summed E-state index contributed by atoms with van der Waals surface area (Å²) in [7, 11) is 0. The van der Waals surface area contributed by atoms with Gasteiger partial charge in [-0.25, -0.2) is 33.4 Å². The van der Waals surface area contributed by atoms with Crippen molar-refractivity contribution in [3.63, 3.8) is 0 Å². The molecule has 5 aromatic heterocycles. The maximum atomic E-state index is 14.3. The van der Waals surface area contributed by atoms with Gasteiger partial charge in [0.05, 0.1) is 39.9 Å². The van der Waals surface area contributed by atoms with Gasteiger partial charge in [-0.1, -0.05) is 23.5 Å². The first-order valence-electron chi connectivity index (χ1n) is 12.3. The van der Waals surface area contributed by atoms with E-state index in [2.05, 4.69) is 15.0 Å². The second kappa shape index (κ2) is 9.75. The summed E-state index contributed by atoms with van der Waals surface area (Å²) in [6, 6.07) is 7.54. The second-order valence-electron chi connectivity index (χ2n) is 9.35. The lowest BCUT2D eigenvalue weighted by molar-refractivity contribution is 0.241. The topological polar surface area (TPSA) is 126 Å². The lowest BCUT2D eigenvalue weighted by Crippen LogP contribution is -2.23. The number of fused-ring (bicyclic) bond motifs is 2. The Hall–Kier alpha value is -4.78. The van der Waals surface area contributed by atoms with Gasteiger partial charge in [-0.3, -0.25) is 9.20 Å². The van der Waals surface area contributed by atoms with Crippen LogP contribution in [0.1, 0.15) is 32.5 Å². The molecule has 0 spiro atoms. The van der Waals surface area contributed by atoms with Gasteiger partial charge in [0.1, 0.15) is 35.1 Å². The molecular formula is C27H22F2N8O2S. The Balaban J connectivity index is 1.60. The number of nitrogens with two attached hydrogens (primary N) is 1. The van der Waals surface area contributed by atoms with Crippen LogP contribution in [0, 0.1) is 11.6 Å². The van der Waals surface area contributed by atoms with E-state index in [1.807, 2.05) is 13.8 Å². The Morgan fingerprint density at radius 1 is 1.05 bits per heavy atom. The fourth-order valence-electron chi connectivity index (χ4n) is 4.53. The number of pyridine rings is 1. The number of hydrogen-bond acceptors (Lipinski definition) is 9. The number of anilines is 1. The number of benzene rings is 1. The Morgan fingerprint density at radius 2 is 1.88 bits per heavy atom. The van der Waals surface area contributed by atoms with Gasteiger partial charge in [-0.15, -0.1) is 0 Å². The molecule has 5 heterocycles. The lowest BCUT2D eigenvalue weighted by Gasteiger charge is -2.18. The predicted molar refractivity (Wildman–Crippen MR) is 147 cm³/mol. The predicted octanol–water partition coefficient (Wildman–Crippen LogP) is 4.88. The summed E-state index contributed by atoms with van der Waals surface area (Å²) in [5, 5.41) is 5.81. The largest absolute Gasteiger partial charge is 0.467 e. The molecule has 1 aromatic carbocycles. The summed E-state index contributed by atoms with van der Waals surface area (Å²) in [6.45, 7) is 5.60. The number of aromatic nitrogens is 7. The SMILES string of the molecule is CC(C)Oc1ncc(-c2nn([C@@H](C)c3nc4ccc(F)cn4c(=O)c3-c3cccc(F)c3)c3ncnc(N)c23)s1. The van der Waals surface area contributed by atoms with Crippen molar-refractivity contribution in [1.29, 1.82) is 0 Å². The summed E-state index contributed by atoms with van der Waals surface area (Å²) in [6.07, 6.45) is 3.96. The van der Waals surface area contributed by atoms with Gasteiger partial charge < -0.3 is 10.5 Å². The number of nitrogens with zero attached hydrogens (tertiary/aromatic N) is 7. The zero-order chi connectivity index (χ0) is 28.1. The monoisotopic (exact) mass is 560 g/mol. The molecule has 10 nitrogen and oxygen atoms in total. The van der Waals surface area contributed by atoms with Crippen molar-refractivity contribution in [2.75, 3.05) is 5.73 Å². The zero-order valence-electron chi connectivity index (χ0n) is 21.5. The summed E-state index contributed by atoms with van der Waals surface area (Å²) in [4.78, 5) is 32.1. The van der Waals surface area contributed by atoms with E-state index in [-0.39, 0.29) is 23.1 Å². The number of nitrogen functional groups attached to an aromatic ring is 1. The average molecular weight is 561 g/mol. The Morgan fingerprint density at radius 3 is 2.65 bits per heavy atom. The maximum absolute atomic E-state index is 14.3. The number of thiazole rings is 1. The third-order valence-electron chi connectivity index (χ3n) is 6.26. The van der Waals surface area contributed by atoms with E-state index < -0.39 is 23.2 Å². The minimum atomic E-state index is -0.689. The molecule has 0 aliphatic carbocycles. The molecule has 0 aliphatic heterocycles. The molecule has 40 heavy (non-hydrogen) atoms. The van der Waals surface area contributed by atoms with Crippen molar-refractivity contribution in [2.45, 2.75) is 32.9 Å². The molecule has 0 saturated carbocycles. The van der Waals surface area contributed by atoms with Crippen molar-refractivity contribution in [1.82, 2.24) is 34.1 Å². The van der Waals surface area contributed by atoms with E-state index >= 15 is 0 Å². The highest BCUT2D eigenvalue weighted by atomic mass is 32.1. The molecular weight excluding hydrogens is 538 g/mol. The molecule has 0 bridgehead atoms. The molecule has 0 unspecified atom stereocenters.